The maximum absolute atomic E-state index is 11.9. The van der Waals surface area contributed by atoms with Crippen LogP contribution in [0.5, 0.6) is 5.75 Å². The number of carbonyl (C=O) groups excluding carboxylic acids is 1. The van der Waals surface area contributed by atoms with Gasteiger partial charge in [-0.15, -0.1) is 0 Å². The van der Waals surface area contributed by atoms with Crippen LogP contribution in [0.15, 0.2) is 18.2 Å². The summed E-state index contributed by atoms with van der Waals surface area (Å²) in [4.78, 5) is 11.9. The number of benzene rings is 1. The van der Waals surface area contributed by atoms with Gasteiger partial charge in [-0.25, -0.2) is 0 Å². The lowest BCUT2D eigenvalue weighted by molar-refractivity contribution is -0.119. The minimum absolute atomic E-state index is 0.101. The maximum atomic E-state index is 11.9. The van der Waals surface area contributed by atoms with Crippen LogP contribution in [0.3, 0.4) is 0 Å². The number of hydrogen-bond donors (Lipinski definition) is 1. The van der Waals surface area contributed by atoms with E-state index in [4.69, 9.17) is 16.3 Å². The van der Waals surface area contributed by atoms with Gasteiger partial charge in [0.05, 0.1) is 12.1 Å². The molecule has 1 aromatic rings. The van der Waals surface area contributed by atoms with Crippen molar-refractivity contribution < 1.29 is 9.53 Å². The highest BCUT2D eigenvalue weighted by molar-refractivity contribution is 6.32. The van der Waals surface area contributed by atoms with Crippen LogP contribution in [0.25, 0.3) is 0 Å². The molecule has 3 nitrogen and oxygen atoms in total. The molecule has 0 radical (unpaired) electrons. The van der Waals surface area contributed by atoms with E-state index in [0.717, 1.165) is 31.4 Å². The molecule has 1 aromatic carbocycles. The second kappa shape index (κ2) is 5.41. The average Bonchev–Trinajstić information content (AvgIpc) is 2.82. The Hall–Kier alpha value is -1.22. The fourth-order valence-electron chi connectivity index (χ4n) is 2.18. The summed E-state index contributed by atoms with van der Waals surface area (Å²) in [5.74, 6) is 0.880. The second-order valence-electron chi connectivity index (χ2n) is 4.32. The van der Waals surface area contributed by atoms with Crippen molar-refractivity contribution in [1.29, 1.82) is 0 Å². The molecule has 1 N–H and O–H groups in total. The molecule has 4 heteroatoms. The van der Waals surface area contributed by atoms with Gasteiger partial charge in [0.2, 0.25) is 5.91 Å². The third-order valence-corrected chi connectivity index (χ3v) is 3.44. The van der Waals surface area contributed by atoms with Crippen molar-refractivity contribution in [2.75, 3.05) is 12.4 Å². The summed E-state index contributed by atoms with van der Waals surface area (Å²) in [6.45, 7) is 0. The Morgan fingerprint density at radius 2 is 2.12 bits per heavy atom. The first-order valence-corrected chi connectivity index (χ1v) is 6.23. The monoisotopic (exact) mass is 253 g/mol. The summed E-state index contributed by atoms with van der Waals surface area (Å²) in [6.07, 6.45) is 4.30. The quantitative estimate of drug-likeness (QED) is 0.896. The Morgan fingerprint density at radius 1 is 1.41 bits per heavy atom. The van der Waals surface area contributed by atoms with Crippen LogP contribution in [0, 0.1) is 5.92 Å². The lowest BCUT2D eigenvalue weighted by Crippen LogP contribution is -2.20. The van der Waals surface area contributed by atoms with Gasteiger partial charge in [-0.2, -0.15) is 0 Å². The number of ether oxygens (including phenoxy) is 1. The van der Waals surface area contributed by atoms with Gasteiger partial charge in [-0.05, 0) is 31.0 Å². The Balaban J connectivity index is 2.03. The van der Waals surface area contributed by atoms with Gasteiger partial charge >= 0.3 is 0 Å². The number of carbonyl (C=O) groups is 1. The molecular weight excluding hydrogens is 238 g/mol. The van der Waals surface area contributed by atoms with E-state index in [2.05, 4.69) is 5.32 Å². The lowest BCUT2D eigenvalue weighted by Gasteiger charge is -2.11. The van der Waals surface area contributed by atoms with Crippen LogP contribution in [-0.4, -0.2) is 13.0 Å². The Morgan fingerprint density at radius 3 is 2.71 bits per heavy atom. The normalized spacial score (nSPS) is 15.9. The Bertz CT molecular complexity index is 414. The summed E-state index contributed by atoms with van der Waals surface area (Å²) in [5, 5.41) is 3.41. The highest BCUT2D eigenvalue weighted by Crippen LogP contribution is 2.29. The van der Waals surface area contributed by atoms with Crippen molar-refractivity contribution in [2.45, 2.75) is 25.7 Å². The highest BCUT2D eigenvalue weighted by atomic mass is 35.5. The van der Waals surface area contributed by atoms with Crippen LogP contribution >= 0.6 is 11.6 Å². The molecule has 0 unspecified atom stereocenters. The van der Waals surface area contributed by atoms with E-state index in [9.17, 15) is 4.79 Å². The first kappa shape index (κ1) is 12.2. The lowest BCUT2D eigenvalue weighted by atomic mass is 10.1. The molecular formula is C13H16ClNO2. The van der Waals surface area contributed by atoms with Crippen molar-refractivity contribution >= 4 is 23.2 Å². The summed E-state index contributed by atoms with van der Waals surface area (Å²) in [7, 11) is 1.57. The van der Waals surface area contributed by atoms with Gasteiger partial charge in [-0.1, -0.05) is 24.4 Å². The van der Waals surface area contributed by atoms with Gasteiger partial charge in [-0.3, -0.25) is 4.79 Å². The third kappa shape index (κ3) is 2.91. The zero-order chi connectivity index (χ0) is 12.3. The van der Waals surface area contributed by atoms with E-state index >= 15 is 0 Å². The van der Waals surface area contributed by atoms with E-state index in [1.807, 2.05) is 0 Å². The number of halogens is 1. The van der Waals surface area contributed by atoms with Crippen molar-refractivity contribution in [3.63, 3.8) is 0 Å². The van der Waals surface area contributed by atoms with Crippen molar-refractivity contribution in [1.82, 2.24) is 0 Å². The Labute approximate surface area is 106 Å². The number of anilines is 1. The topological polar surface area (TPSA) is 38.3 Å². The number of hydrogen-bond acceptors (Lipinski definition) is 2. The van der Waals surface area contributed by atoms with E-state index < -0.39 is 0 Å². The molecule has 0 aromatic heterocycles. The summed E-state index contributed by atoms with van der Waals surface area (Å²) in [5.41, 5.74) is 0.729. The molecule has 0 saturated heterocycles. The van der Waals surface area contributed by atoms with Crippen LogP contribution in [0.1, 0.15) is 25.7 Å². The molecule has 0 spiro atoms. The van der Waals surface area contributed by atoms with E-state index in [0.29, 0.717) is 10.8 Å². The smallest absolute Gasteiger partial charge is 0.227 e. The molecule has 1 saturated carbocycles. The molecule has 1 amide bonds. The molecule has 1 fully saturated rings. The van der Waals surface area contributed by atoms with Gasteiger partial charge in [0, 0.05) is 11.6 Å². The Kier molecular flexibility index (Phi) is 3.89. The molecule has 0 aliphatic heterocycles. The molecule has 1 aliphatic rings. The van der Waals surface area contributed by atoms with Crippen LogP contribution in [-0.2, 0) is 4.79 Å². The minimum Gasteiger partial charge on any atom is -0.495 e. The first-order chi connectivity index (χ1) is 8.20. The molecule has 92 valence electrons. The standard InChI is InChI=1S/C13H16ClNO2/c1-17-12-7-6-10(8-11(12)14)15-13(16)9-4-2-3-5-9/h6-9H,2-5H2,1H3,(H,15,16). The molecule has 0 bridgehead atoms. The zero-order valence-corrected chi connectivity index (χ0v) is 10.6. The molecule has 1 aliphatic carbocycles. The predicted octanol–water partition coefficient (Wildman–Crippen LogP) is 3.48. The molecule has 17 heavy (non-hydrogen) atoms. The van der Waals surface area contributed by atoms with E-state index in [1.165, 1.54) is 0 Å². The van der Waals surface area contributed by atoms with Gasteiger partial charge < -0.3 is 10.1 Å². The maximum Gasteiger partial charge on any atom is 0.227 e. The predicted molar refractivity (Wildman–Crippen MR) is 68.6 cm³/mol. The minimum atomic E-state index is 0.101. The van der Waals surface area contributed by atoms with Crippen LogP contribution in [0.4, 0.5) is 5.69 Å². The number of amides is 1. The average molecular weight is 254 g/mol. The number of rotatable bonds is 3. The van der Waals surface area contributed by atoms with Gasteiger partial charge in [0.25, 0.3) is 0 Å². The first-order valence-electron chi connectivity index (χ1n) is 5.85. The molecule has 0 atom stereocenters. The van der Waals surface area contributed by atoms with Crippen molar-refractivity contribution in [2.24, 2.45) is 5.92 Å². The largest absolute Gasteiger partial charge is 0.495 e. The number of nitrogens with one attached hydrogen (secondary N) is 1. The van der Waals surface area contributed by atoms with Crippen molar-refractivity contribution in [3.05, 3.63) is 23.2 Å². The van der Waals surface area contributed by atoms with Crippen molar-refractivity contribution in [3.8, 4) is 5.75 Å². The summed E-state index contributed by atoms with van der Waals surface area (Å²) >= 11 is 6.00. The third-order valence-electron chi connectivity index (χ3n) is 3.15. The van der Waals surface area contributed by atoms with Crippen LogP contribution < -0.4 is 10.1 Å². The highest BCUT2D eigenvalue weighted by Gasteiger charge is 2.22. The van der Waals surface area contributed by atoms with E-state index in [1.54, 1.807) is 25.3 Å². The number of methoxy groups -OCH3 is 1. The van der Waals surface area contributed by atoms with Gasteiger partial charge in [0.1, 0.15) is 5.75 Å². The SMILES string of the molecule is COc1ccc(NC(=O)C2CCCC2)cc1Cl. The fourth-order valence-corrected chi connectivity index (χ4v) is 2.43. The van der Waals surface area contributed by atoms with Crippen LogP contribution in [0.2, 0.25) is 5.02 Å². The fraction of sp³-hybridized carbons (Fsp3) is 0.462. The summed E-state index contributed by atoms with van der Waals surface area (Å²) < 4.78 is 5.06. The molecule has 0 heterocycles. The molecule has 2 rings (SSSR count). The van der Waals surface area contributed by atoms with Gasteiger partial charge in [0.15, 0.2) is 0 Å². The van der Waals surface area contributed by atoms with E-state index in [-0.39, 0.29) is 11.8 Å². The second-order valence-corrected chi connectivity index (χ2v) is 4.73. The zero-order valence-electron chi connectivity index (χ0n) is 9.83. The summed E-state index contributed by atoms with van der Waals surface area (Å²) in [6, 6.07) is 5.28.